The van der Waals surface area contributed by atoms with E-state index in [0.29, 0.717) is 6.42 Å². The Balaban J connectivity index is 3.44. The SMILES string of the molecule is CCCCC/C=C\C/C=C\CCCCCCCC(=O)OC[C@@H](O)COP(=O)([O-])[O-]. The molecule has 29 heavy (non-hydrogen) atoms. The lowest BCUT2D eigenvalue weighted by atomic mass is 10.1. The topological polar surface area (TPSA) is 119 Å². The highest BCUT2D eigenvalue weighted by Gasteiger charge is 2.09. The summed E-state index contributed by atoms with van der Waals surface area (Å²) in [5, 5.41) is 9.35. The van der Waals surface area contributed by atoms with Gasteiger partial charge in [0.2, 0.25) is 0 Å². The summed E-state index contributed by atoms with van der Waals surface area (Å²) in [5.74, 6) is -0.456. The predicted octanol–water partition coefficient (Wildman–Crippen LogP) is 3.55. The molecule has 0 aromatic carbocycles. The van der Waals surface area contributed by atoms with Gasteiger partial charge in [-0.05, 0) is 38.5 Å². The van der Waals surface area contributed by atoms with Gasteiger partial charge in [-0.25, -0.2) is 0 Å². The van der Waals surface area contributed by atoms with Gasteiger partial charge in [-0.1, -0.05) is 63.3 Å². The van der Waals surface area contributed by atoms with E-state index in [0.717, 1.165) is 38.5 Å². The van der Waals surface area contributed by atoms with E-state index in [1.165, 1.54) is 25.7 Å². The number of ether oxygens (including phenoxy) is 1. The van der Waals surface area contributed by atoms with Crippen LogP contribution in [0, 0.1) is 0 Å². The van der Waals surface area contributed by atoms with Crippen LogP contribution in [0.15, 0.2) is 24.3 Å². The fraction of sp³-hybridized carbons (Fsp3) is 0.762. The minimum atomic E-state index is -5.12. The molecular weight excluding hydrogens is 395 g/mol. The Bertz CT molecular complexity index is 499. The van der Waals surface area contributed by atoms with E-state index in [9.17, 15) is 24.3 Å². The van der Waals surface area contributed by atoms with Gasteiger partial charge in [0.15, 0.2) is 0 Å². The first-order valence-corrected chi connectivity index (χ1v) is 12.1. The molecule has 1 N–H and O–H groups in total. The molecule has 8 heteroatoms. The molecule has 0 spiro atoms. The maximum absolute atomic E-state index is 11.5. The summed E-state index contributed by atoms with van der Waals surface area (Å²) in [6.45, 7) is 1.12. The molecule has 7 nitrogen and oxygen atoms in total. The maximum atomic E-state index is 11.5. The monoisotopic (exact) mass is 432 g/mol. The number of phosphoric ester groups is 1. The summed E-state index contributed by atoms with van der Waals surface area (Å²) >= 11 is 0. The van der Waals surface area contributed by atoms with Crippen LogP contribution in [0.3, 0.4) is 0 Å². The Morgan fingerprint density at radius 1 is 0.931 bits per heavy atom. The molecule has 0 heterocycles. The summed E-state index contributed by atoms with van der Waals surface area (Å²) in [7, 11) is -5.12. The number of esters is 1. The van der Waals surface area contributed by atoms with Crippen LogP contribution in [-0.2, 0) is 18.6 Å². The van der Waals surface area contributed by atoms with Crippen molar-refractivity contribution in [3.63, 3.8) is 0 Å². The summed E-state index contributed by atoms with van der Waals surface area (Å²) in [6, 6.07) is 0. The van der Waals surface area contributed by atoms with Crippen molar-refractivity contribution in [1.82, 2.24) is 0 Å². The number of carbonyl (C=O) groups is 1. The zero-order valence-electron chi connectivity index (χ0n) is 17.6. The quantitative estimate of drug-likeness (QED) is 0.143. The normalized spacial score (nSPS) is 13.4. The number of unbranched alkanes of at least 4 members (excludes halogenated alkanes) is 8. The lowest BCUT2D eigenvalue weighted by Gasteiger charge is -2.29. The highest BCUT2D eigenvalue weighted by atomic mass is 31.2. The first-order chi connectivity index (χ1) is 13.8. The maximum Gasteiger partial charge on any atom is 0.305 e. The number of rotatable bonds is 19. The molecule has 0 radical (unpaired) electrons. The number of allylic oxidation sites excluding steroid dienone is 4. The first-order valence-electron chi connectivity index (χ1n) is 10.7. The van der Waals surface area contributed by atoms with Crippen LogP contribution in [0.25, 0.3) is 0 Å². The minimum absolute atomic E-state index is 0.250. The second kappa shape index (κ2) is 19.0. The summed E-state index contributed by atoms with van der Waals surface area (Å²) in [6.07, 6.45) is 19.9. The lowest BCUT2D eigenvalue weighted by Crippen LogP contribution is -2.26. The Morgan fingerprint density at radius 2 is 1.52 bits per heavy atom. The third-order valence-corrected chi connectivity index (χ3v) is 4.66. The van der Waals surface area contributed by atoms with Crippen molar-refractivity contribution in [3.8, 4) is 0 Å². The molecule has 0 aliphatic carbocycles. The molecule has 0 rings (SSSR count). The van der Waals surface area contributed by atoms with Gasteiger partial charge >= 0.3 is 5.97 Å². The molecule has 0 saturated carbocycles. The molecule has 0 saturated heterocycles. The van der Waals surface area contributed by atoms with E-state index < -0.39 is 26.5 Å². The van der Waals surface area contributed by atoms with Crippen molar-refractivity contribution < 1.29 is 33.5 Å². The molecule has 0 aromatic heterocycles. The molecule has 0 amide bonds. The second-order valence-electron chi connectivity index (χ2n) is 7.06. The van der Waals surface area contributed by atoms with E-state index in [4.69, 9.17) is 4.74 Å². The van der Waals surface area contributed by atoms with Crippen molar-refractivity contribution in [2.24, 2.45) is 0 Å². The predicted molar refractivity (Wildman–Crippen MR) is 110 cm³/mol. The Hall–Kier alpha value is -0.980. The molecule has 170 valence electrons. The Morgan fingerprint density at radius 3 is 2.14 bits per heavy atom. The Labute approximate surface area is 175 Å². The number of phosphoric acid groups is 1. The van der Waals surface area contributed by atoms with Crippen LogP contribution in [0.2, 0.25) is 0 Å². The van der Waals surface area contributed by atoms with Crippen LogP contribution >= 0.6 is 7.82 Å². The van der Waals surface area contributed by atoms with E-state index in [2.05, 4.69) is 35.8 Å². The molecular formula is C21H37O7P-2. The van der Waals surface area contributed by atoms with Crippen molar-refractivity contribution in [3.05, 3.63) is 24.3 Å². The number of aliphatic hydroxyl groups excluding tert-OH is 1. The fourth-order valence-electron chi connectivity index (χ4n) is 2.57. The molecule has 0 aliphatic rings. The van der Waals surface area contributed by atoms with Gasteiger partial charge in [-0.3, -0.25) is 4.79 Å². The number of carbonyl (C=O) groups excluding carboxylic acids is 1. The van der Waals surface area contributed by atoms with E-state index >= 15 is 0 Å². The van der Waals surface area contributed by atoms with Crippen LogP contribution in [0.4, 0.5) is 0 Å². The average molecular weight is 432 g/mol. The number of hydrogen-bond donors (Lipinski definition) is 1. The molecule has 0 aromatic rings. The van der Waals surface area contributed by atoms with Crippen molar-refractivity contribution in [2.75, 3.05) is 13.2 Å². The van der Waals surface area contributed by atoms with Crippen LogP contribution in [-0.4, -0.2) is 30.4 Å². The summed E-state index contributed by atoms with van der Waals surface area (Å²) < 4.78 is 19.0. The minimum Gasteiger partial charge on any atom is -0.790 e. The third-order valence-electron chi connectivity index (χ3n) is 4.19. The number of aliphatic hydroxyl groups is 1. The Kier molecular flexibility index (Phi) is 18.4. The number of hydrogen-bond acceptors (Lipinski definition) is 7. The van der Waals surface area contributed by atoms with Crippen LogP contribution in [0.5, 0.6) is 0 Å². The van der Waals surface area contributed by atoms with Gasteiger partial charge in [0.05, 0.1) is 14.4 Å². The van der Waals surface area contributed by atoms with Crippen LogP contribution in [0.1, 0.15) is 84.0 Å². The molecule has 1 atom stereocenters. The van der Waals surface area contributed by atoms with Crippen molar-refractivity contribution in [2.45, 2.75) is 90.1 Å². The van der Waals surface area contributed by atoms with Gasteiger partial charge in [-0.2, -0.15) is 0 Å². The summed E-state index contributed by atoms with van der Waals surface area (Å²) in [4.78, 5) is 32.0. The van der Waals surface area contributed by atoms with Gasteiger partial charge in [0, 0.05) is 6.42 Å². The first kappa shape index (κ1) is 28.0. The molecule has 0 fully saturated rings. The third kappa shape index (κ3) is 23.2. The van der Waals surface area contributed by atoms with E-state index in [1.54, 1.807) is 0 Å². The highest BCUT2D eigenvalue weighted by Crippen LogP contribution is 2.24. The van der Waals surface area contributed by atoms with E-state index in [1.807, 2.05) is 0 Å². The van der Waals surface area contributed by atoms with E-state index in [-0.39, 0.29) is 13.0 Å². The van der Waals surface area contributed by atoms with Gasteiger partial charge in [0.1, 0.15) is 12.7 Å². The summed E-state index contributed by atoms with van der Waals surface area (Å²) in [5.41, 5.74) is 0. The lowest BCUT2D eigenvalue weighted by molar-refractivity contribution is -0.342. The van der Waals surface area contributed by atoms with Crippen LogP contribution < -0.4 is 9.79 Å². The van der Waals surface area contributed by atoms with Gasteiger partial charge < -0.3 is 28.7 Å². The second-order valence-corrected chi connectivity index (χ2v) is 8.21. The molecule has 0 unspecified atom stereocenters. The molecule has 0 bridgehead atoms. The fourth-order valence-corrected chi connectivity index (χ4v) is 2.92. The van der Waals surface area contributed by atoms with Crippen molar-refractivity contribution >= 4 is 13.8 Å². The van der Waals surface area contributed by atoms with Crippen molar-refractivity contribution in [1.29, 1.82) is 0 Å². The smallest absolute Gasteiger partial charge is 0.305 e. The zero-order valence-corrected chi connectivity index (χ0v) is 18.5. The van der Waals surface area contributed by atoms with Gasteiger partial charge in [-0.15, -0.1) is 0 Å². The average Bonchev–Trinajstić information content (AvgIpc) is 2.67. The van der Waals surface area contributed by atoms with Gasteiger partial charge in [0.25, 0.3) is 0 Å². The largest absolute Gasteiger partial charge is 0.790 e. The standard InChI is InChI=1S/C21H39O7P/c1-2-3-4-5-6-7-8-9-10-11-12-13-14-15-16-17-21(23)27-18-20(22)19-28-29(24,25)26/h6-7,9-10,20,22H,2-5,8,11-19H2,1H3,(H2,24,25,26)/p-2/b7-6-,10-9-/t20-/m1/s1. The zero-order chi connectivity index (χ0) is 21.8. The molecule has 0 aliphatic heterocycles. The highest BCUT2D eigenvalue weighted by molar-refractivity contribution is 7.43.